The van der Waals surface area contributed by atoms with Crippen molar-refractivity contribution >= 4 is 5.69 Å². The van der Waals surface area contributed by atoms with E-state index < -0.39 is 0 Å². The SMILES string of the molecule is Cc1ccccc1N(C)CC1CC12CCNCC2. The van der Waals surface area contributed by atoms with Crippen molar-refractivity contribution in [3.8, 4) is 0 Å². The minimum Gasteiger partial charge on any atom is -0.374 e. The molecular formula is C16H24N2. The third-order valence-corrected chi connectivity index (χ3v) is 4.98. The van der Waals surface area contributed by atoms with E-state index in [4.69, 9.17) is 0 Å². The summed E-state index contributed by atoms with van der Waals surface area (Å²) in [6.07, 6.45) is 4.23. The maximum atomic E-state index is 3.48. The number of aryl methyl sites for hydroxylation is 1. The van der Waals surface area contributed by atoms with Crippen molar-refractivity contribution in [2.24, 2.45) is 11.3 Å². The number of anilines is 1. The van der Waals surface area contributed by atoms with Crippen molar-refractivity contribution in [2.75, 3.05) is 31.6 Å². The second-order valence-corrected chi connectivity index (χ2v) is 6.18. The van der Waals surface area contributed by atoms with Gasteiger partial charge in [0, 0.05) is 19.3 Å². The molecule has 3 rings (SSSR count). The summed E-state index contributed by atoms with van der Waals surface area (Å²) in [5.74, 6) is 0.921. The van der Waals surface area contributed by atoms with Crippen LogP contribution in [0.2, 0.25) is 0 Å². The van der Waals surface area contributed by atoms with Gasteiger partial charge in [0.15, 0.2) is 0 Å². The zero-order chi connectivity index (χ0) is 12.6. The monoisotopic (exact) mass is 244 g/mol. The fraction of sp³-hybridized carbons (Fsp3) is 0.625. The summed E-state index contributed by atoms with van der Waals surface area (Å²) < 4.78 is 0. The van der Waals surface area contributed by atoms with Gasteiger partial charge in [0.1, 0.15) is 0 Å². The van der Waals surface area contributed by atoms with Crippen molar-refractivity contribution in [3.63, 3.8) is 0 Å². The van der Waals surface area contributed by atoms with Gasteiger partial charge in [0.05, 0.1) is 0 Å². The highest BCUT2D eigenvalue weighted by Crippen LogP contribution is 2.58. The van der Waals surface area contributed by atoms with E-state index >= 15 is 0 Å². The molecule has 2 aliphatic rings. The Hall–Kier alpha value is -1.02. The first-order valence-electron chi connectivity index (χ1n) is 7.19. The van der Waals surface area contributed by atoms with Crippen LogP contribution in [0.25, 0.3) is 0 Å². The lowest BCUT2D eigenvalue weighted by molar-refractivity contribution is 0.324. The van der Waals surface area contributed by atoms with Crippen molar-refractivity contribution in [1.82, 2.24) is 5.32 Å². The molecule has 1 aliphatic carbocycles. The quantitative estimate of drug-likeness (QED) is 0.879. The van der Waals surface area contributed by atoms with E-state index in [1.807, 2.05) is 0 Å². The standard InChI is InChI=1S/C16H24N2/c1-13-5-3-4-6-15(13)18(2)12-14-11-16(14)7-9-17-10-8-16/h3-6,14,17H,7-12H2,1-2H3. The highest BCUT2D eigenvalue weighted by Gasteiger charge is 2.53. The fourth-order valence-corrected chi connectivity index (χ4v) is 3.65. The average molecular weight is 244 g/mol. The second kappa shape index (κ2) is 4.58. The summed E-state index contributed by atoms with van der Waals surface area (Å²) >= 11 is 0. The van der Waals surface area contributed by atoms with Crippen LogP contribution in [0, 0.1) is 18.3 Å². The summed E-state index contributed by atoms with van der Waals surface area (Å²) in [6, 6.07) is 8.72. The fourth-order valence-electron chi connectivity index (χ4n) is 3.65. The Labute approximate surface area is 110 Å². The van der Waals surface area contributed by atoms with Gasteiger partial charge < -0.3 is 10.2 Å². The number of para-hydroxylation sites is 1. The Balaban J connectivity index is 1.63. The zero-order valence-electron chi connectivity index (χ0n) is 11.6. The third kappa shape index (κ3) is 2.14. The topological polar surface area (TPSA) is 15.3 Å². The van der Waals surface area contributed by atoms with Gasteiger partial charge in [-0.15, -0.1) is 0 Å². The largest absolute Gasteiger partial charge is 0.374 e. The molecular weight excluding hydrogens is 220 g/mol. The second-order valence-electron chi connectivity index (χ2n) is 6.18. The Morgan fingerprint density at radius 2 is 2.00 bits per heavy atom. The van der Waals surface area contributed by atoms with Crippen molar-refractivity contribution in [1.29, 1.82) is 0 Å². The molecule has 98 valence electrons. The summed E-state index contributed by atoms with van der Waals surface area (Å²) in [4.78, 5) is 2.46. The molecule has 1 aromatic carbocycles. The van der Waals surface area contributed by atoms with Gasteiger partial charge in [0.25, 0.3) is 0 Å². The molecule has 1 saturated heterocycles. The number of hydrogen-bond donors (Lipinski definition) is 1. The van der Waals surface area contributed by atoms with E-state index in [9.17, 15) is 0 Å². The maximum Gasteiger partial charge on any atom is 0.0393 e. The molecule has 1 heterocycles. The minimum atomic E-state index is 0.697. The maximum absolute atomic E-state index is 3.48. The molecule has 1 aliphatic heterocycles. The van der Waals surface area contributed by atoms with Crippen LogP contribution in [-0.4, -0.2) is 26.7 Å². The van der Waals surface area contributed by atoms with Crippen LogP contribution in [0.1, 0.15) is 24.8 Å². The van der Waals surface area contributed by atoms with Gasteiger partial charge >= 0.3 is 0 Å². The number of benzene rings is 1. The van der Waals surface area contributed by atoms with Crippen molar-refractivity contribution < 1.29 is 0 Å². The molecule has 1 aromatic rings. The van der Waals surface area contributed by atoms with Gasteiger partial charge in [-0.3, -0.25) is 0 Å². The molecule has 18 heavy (non-hydrogen) atoms. The highest BCUT2D eigenvalue weighted by molar-refractivity contribution is 5.52. The van der Waals surface area contributed by atoms with Gasteiger partial charge in [0.2, 0.25) is 0 Å². The summed E-state index contributed by atoms with van der Waals surface area (Å²) in [5, 5.41) is 3.48. The lowest BCUT2D eigenvalue weighted by Crippen LogP contribution is -2.31. The van der Waals surface area contributed by atoms with E-state index in [-0.39, 0.29) is 0 Å². The number of hydrogen-bond acceptors (Lipinski definition) is 2. The first-order valence-corrected chi connectivity index (χ1v) is 7.19. The minimum absolute atomic E-state index is 0.697. The predicted octanol–water partition coefficient (Wildman–Crippen LogP) is 2.82. The van der Waals surface area contributed by atoms with Crippen molar-refractivity contribution in [2.45, 2.75) is 26.2 Å². The van der Waals surface area contributed by atoms with Gasteiger partial charge in [-0.25, -0.2) is 0 Å². The molecule has 2 fully saturated rings. The molecule has 0 aromatic heterocycles. The predicted molar refractivity (Wildman–Crippen MR) is 77.1 cm³/mol. The first-order chi connectivity index (χ1) is 8.71. The Bertz CT molecular complexity index is 421. The van der Waals surface area contributed by atoms with Crippen LogP contribution < -0.4 is 10.2 Å². The number of nitrogens with zero attached hydrogens (tertiary/aromatic N) is 1. The van der Waals surface area contributed by atoms with E-state index in [1.165, 1.54) is 50.1 Å². The van der Waals surface area contributed by atoms with Crippen LogP contribution in [0.3, 0.4) is 0 Å². The highest BCUT2D eigenvalue weighted by atomic mass is 15.1. The Kier molecular flexibility index (Phi) is 3.06. The molecule has 1 N–H and O–H groups in total. The molecule has 1 atom stereocenters. The molecule has 1 saturated carbocycles. The number of rotatable bonds is 3. The number of piperidine rings is 1. The van der Waals surface area contributed by atoms with Gasteiger partial charge in [-0.1, -0.05) is 18.2 Å². The molecule has 2 nitrogen and oxygen atoms in total. The number of nitrogens with one attached hydrogen (secondary N) is 1. The van der Waals surface area contributed by atoms with Crippen LogP contribution in [0.15, 0.2) is 24.3 Å². The Morgan fingerprint density at radius 1 is 1.28 bits per heavy atom. The van der Waals surface area contributed by atoms with E-state index in [1.54, 1.807) is 0 Å². The molecule has 0 amide bonds. The van der Waals surface area contributed by atoms with Crippen molar-refractivity contribution in [3.05, 3.63) is 29.8 Å². The lowest BCUT2D eigenvalue weighted by Gasteiger charge is -2.27. The van der Waals surface area contributed by atoms with E-state index in [0.29, 0.717) is 5.41 Å². The molecule has 2 heteroatoms. The van der Waals surface area contributed by atoms with Gasteiger partial charge in [-0.2, -0.15) is 0 Å². The van der Waals surface area contributed by atoms with Gasteiger partial charge in [-0.05, 0) is 62.2 Å². The Morgan fingerprint density at radius 3 is 2.72 bits per heavy atom. The first kappa shape index (κ1) is 12.0. The van der Waals surface area contributed by atoms with E-state index in [0.717, 1.165) is 5.92 Å². The summed E-state index contributed by atoms with van der Waals surface area (Å²) in [7, 11) is 2.25. The zero-order valence-corrected chi connectivity index (χ0v) is 11.6. The molecule has 1 spiro atoms. The molecule has 0 bridgehead atoms. The molecule has 0 radical (unpaired) electrons. The van der Waals surface area contributed by atoms with E-state index in [2.05, 4.69) is 48.5 Å². The van der Waals surface area contributed by atoms with Crippen LogP contribution >= 0.6 is 0 Å². The lowest BCUT2D eigenvalue weighted by atomic mass is 9.92. The van der Waals surface area contributed by atoms with Crippen LogP contribution in [0.4, 0.5) is 5.69 Å². The summed E-state index contributed by atoms with van der Waals surface area (Å²) in [6.45, 7) is 5.89. The van der Waals surface area contributed by atoms with Crippen LogP contribution in [0.5, 0.6) is 0 Å². The smallest absolute Gasteiger partial charge is 0.0393 e. The van der Waals surface area contributed by atoms with Crippen LogP contribution in [-0.2, 0) is 0 Å². The summed E-state index contributed by atoms with van der Waals surface area (Å²) in [5.41, 5.74) is 3.48. The average Bonchev–Trinajstić information content (AvgIpc) is 3.02. The normalized spacial score (nSPS) is 25.1. The molecule has 1 unspecified atom stereocenters. The third-order valence-electron chi connectivity index (χ3n) is 4.98.